The van der Waals surface area contributed by atoms with Crippen LogP contribution in [0.4, 0.5) is 18.9 Å². The van der Waals surface area contributed by atoms with Crippen LogP contribution >= 0.6 is 0 Å². The van der Waals surface area contributed by atoms with Crippen LogP contribution in [0.3, 0.4) is 0 Å². The van der Waals surface area contributed by atoms with E-state index in [1.807, 2.05) is 18.9 Å². The van der Waals surface area contributed by atoms with Crippen molar-refractivity contribution in [3.05, 3.63) is 29.3 Å². The number of hydrogen-bond donors (Lipinski definition) is 1. The highest BCUT2D eigenvalue weighted by molar-refractivity contribution is 5.52. The smallest absolute Gasteiger partial charge is 0.369 e. The van der Waals surface area contributed by atoms with Crippen molar-refractivity contribution in [2.75, 3.05) is 44.7 Å². The maximum Gasteiger partial charge on any atom is 0.416 e. The Morgan fingerprint density at radius 3 is 2.38 bits per heavy atom. The summed E-state index contributed by atoms with van der Waals surface area (Å²) < 4.78 is 39.7. The van der Waals surface area contributed by atoms with Gasteiger partial charge in [0.1, 0.15) is 0 Å². The van der Waals surface area contributed by atoms with Crippen LogP contribution in [0, 0.1) is 0 Å². The summed E-state index contributed by atoms with van der Waals surface area (Å²) in [4.78, 5) is 4.20. The number of rotatable bonds is 4. The lowest BCUT2D eigenvalue weighted by Crippen LogP contribution is -2.44. The molecular weight excluding hydrogens is 279 g/mol. The molecule has 0 amide bonds. The minimum atomic E-state index is -4.31. The molecule has 1 aromatic carbocycles. The van der Waals surface area contributed by atoms with E-state index in [-0.39, 0.29) is 6.54 Å². The van der Waals surface area contributed by atoms with Crippen LogP contribution in [0.2, 0.25) is 0 Å². The third-order valence-corrected chi connectivity index (χ3v) is 3.83. The first kappa shape index (κ1) is 16.1. The lowest BCUT2D eigenvalue weighted by atomic mass is 10.0. The van der Waals surface area contributed by atoms with Gasteiger partial charge < -0.3 is 15.1 Å². The monoisotopic (exact) mass is 301 g/mol. The molecule has 0 spiro atoms. The molecule has 0 atom stereocenters. The summed E-state index contributed by atoms with van der Waals surface area (Å²) in [5, 5.41) is 2.96. The van der Waals surface area contributed by atoms with Gasteiger partial charge in [0.25, 0.3) is 0 Å². The molecule has 21 heavy (non-hydrogen) atoms. The molecule has 1 heterocycles. The van der Waals surface area contributed by atoms with Crippen molar-refractivity contribution >= 4 is 5.69 Å². The van der Waals surface area contributed by atoms with Crippen LogP contribution in [-0.2, 0) is 12.7 Å². The Kier molecular flexibility index (Phi) is 5.11. The molecule has 1 saturated heterocycles. The van der Waals surface area contributed by atoms with Crippen LogP contribution in [-0.4, -0.2) is 44.7 Å². The van der Waals surface area contributed by atoms with E-state index < -0.39 is 11.7 Å². The van der Waals surface area contributed by atoms with Crippen molar-refractivity contribution < 1.29 is 13.2 Å². The van der Waals surface area contributed by atoms with Crippen LogP contribution < -0.4 is 10.2 Å². The largest absolute Gasteiger partial charge is 0.416 e. The van der Waals surface area contributed by atoms with Gasteiger partial charge in [0.2, 0.25) is 0 Å². The van der Waals surface area contributed by atoms with Gasteiger partial charge in [0.15, 0.2) is 0 Å². The first-order chi connectivity index (χ1) is 9.91. The summed E-state index contributed by atoms with van der Waals surface area (Å²) in [6, 6.07) is 4.68. The summed E-state index contributed by atoms with van der Waals surface area (Å²) in [6.45, 7) is 6.05. The Balaban J connectivity index is 2.24. The van der Waals surface area contributed by atoms with Crippen molar-refractivity contribution in [2.45, 2.75) is 19.6 Å². The predicted molar refractivity (Wildman–Crippen MR) is 78.5 cm³/mol. The molecule has 1 N–H and O–H groups in total. The molecule has 2 rings (SSSR count). The highest BCUT2D eigenvalue weighted by Crippen LogP contribution is 2.34. The Bertz CT molecular complexity index is 466. The minimum absolute atomic E-state index is 0.244. The quantitative estimate of drug-likeness (QED) is 0.922. The van der Waals surface area contributed by atoms with Crippen LogP contribution in [0.5, 0.6) is 0 Å². The molecule has 0 aliphatic carbocycles. The van der Waals surface area contributed by atoms with Crippen LogP contribution in [0.25, 0.3) is 0 Å². The summed E-state index contributed by atoms with van der Waals surface area (Å²) in [7, 11) is 2.03. The molecule has 0 unspecified atom stereocenters. The highest BCUT2D eigenvalue weighted by atomic mass is 19.4. The SMILES string of the molecule is CCNCc1ccc(N2CCN(C)CC2)cc1C(F)(F)F. The summed E-state index contributed by atoms with van der Waals surface area (Å²) in [6.07, 6.45) is -4.31. The van der Waals surface area contributed by atoms with Gasteiger partial charge in [-0.1, -0.05) is 13.0 Å². The molecule has 3 nitrogen and oxygen atoms in total. The zero-order chi connectivity index (χ0) is 15.5. The number of hydrogen-bond acceptors (Lipinski definition) is 3. The molecule has 118 valence electrons. The molecule has 1 aliphatic heterocycles. The number of likely N-dealkylation sites (N-methyl/N-ethyl adjacent to an activating group) is 1. The molecule has 1 aromatic rings. The van der Waals surface area contributed by atoms with Gasteiger partial charge in [-0.2, -0.15) is 13.2 Å². The molecule has 0 bridgehead atoms. The fourth-order valence-corrected chi connectivity index (χ4v) is 2.50. The lowest BCUT2D eigenvalue weighted by Gasteiger charge is -2.34. The maximum atomic E-state index is 13.2. The van der Waals surface area contributed by atoms with E-state index in [1.54, 1.807) is 12.1 Å². The van der Waals surface area contributed by atoms with Gasteiger partial charge >= 0.3 is 6.18 Å². The number of alkyl halides is 3. The molecule has 0 radical (unpaired) electrons. The third kappa shape index (κ3) is 4.11. The second-order valence-corrected chi connectivity index (χ2v) is 5.41. The standard InChI is InChI=1S/C15H22F3N3/c1-3-19-11-12-4-5-13(10-14(12)15(16,17)18)21-8-6-20(2)7-9-21/h4-5,10,19H,3,6-9,11H2,1-2H3. The zero-order valence-corrected chi connectivity index (χ0v) is 12.5. The number of benzene rings is 1. The number of piperazine rings is 1. The number of nitrogens with zero attached hydrogens (tertiary/aromatic N) is 2. The van der Waals surface area contributed by atoms with Gasteiger partial charge in [-0.3, -0.25) is 0 Å². The summed E-state index contributed by atoms with van der Waals surface area (Å²) >= 11 is 0. The minimum Gasteiger partial charge on any atom is -0.369 e. The number of nitrogens with one attached hydrogen (secondary N) is 1. The van der Waals surface area contributed by atoms with Gasteiger partial charge in [0.05, 0.1) is 5.56 Å². The Morgan fingerprint density at radius 1 is 1.14 bits per heavy atom. The second kappa shape index (κ2) is 6.66. The topological polar surface area (TPSA) is 18.5 Å². The zero-order valence-electron chi connectivity index (χ0n) is 12.5. The molecule has 6 heteroatoms. The van der Waals surface area contributed by atoms with E-state index in [2.05, 4.69) is 10.2 Å². The van der Waals surface area contributed by atoms with Crippen molar-refractivity contribution in [1.29, 1.82) is 0 Å². The normalized spacial score (nSPS) is 17.3. The van der Waals surface area contributed by atoms with E-state index in [0.29, 0.717) is 17.8 Å². The fourth-order valence-electron chi connectivity index (χ4n) is 2.50. The van der Waals surface area contributed by atoms with Gasteiger partial charge in [-0.15, -0.1) is 0 Å². The Labute approximate surface area is 123 Å². The van der Waals surface area contributed by atoms with E-state index in [0.717, 1.165) is 26.2 Å². The van der Waals surface area contributed by atoms with Crippen LogP contribution in [0.15, 0.2) is 18.2 Å². The first-order valence-electron chi connectivity index (χ1n) is 7.26. The van der Waals surface area contributed by atoms with Crippen molar-refractivity contribution in [1.82, 2.24) is 10.2 Å². The van der Waals surface area contributed by atoms with E-state index in [4.69, 9.17) is 0 Å². The average Bonchev–Trinajstić information content (AvgIpc) is 2.45. The molecule has 1 fully saturated rings. The van der Waals surface area contributed by atoms with Gasteiger partial charge in [-0.25, -0.2) is 0 Å². The molecule has 1 aliphatic rings. The molecule has 0 aromatic heterocycles. The lowest BCUT2D eigenvalue weighted by molar-refractivity contribution is -0.138. The second-order valence-electron chi connectivity index (χ2n) is 5.41. The number of halogens is 3. The fraction of sp³-hybridized carbons (Fsp3) is 0.600. The van der Waals surface area contributed by atoms with Crippen LogP contribution in [0.1, 0.15) is 18.1 Å². The van der Waals surface area contributed by atoms with E-state index >= 15 is 0 Å². The number of anilines is 1. The maximum absolute atomic E-state index is 13.2. The van der Waals surface area contributed by atoms with E-state index in [1.165, 1.54) is 6.07 Å². The predicted octanol–water partition coefficient (Wildman–Crippen LogP) is 2.57. The van der Waals surface area contributed by atoms with Crippen molar-refractivity contribution in [3.63, 3.8) is 0 Å². The summed E-state index contributed by atoms with van der Waals surface area (Å²) in [5.41, 5.74) is 0.442. The third-order valence-electron chi connectivity index (χ3n) is 3.83. The highest BCUT2D eigenvalue weighted by Gasteiger charge is 2.34. The molecule has 0 saturated carbocycles. The first-order valence-corrected chi connectivity index (χ1v) is 7.26. The Morgan fingerprint density at radius 2 is 1.81 bits per heavy atom. The average molecular weight is 301 g/mol. The van der Waals surface area contributed by atoms with Crippen molar-refractivity contribution in [2.24, 2.45) is 0 Å². The summed E-state index contributed by atoms with van der Waals surface area (Å²) in [5.74, 6) is 0. The van der Waals surface area contributed by atoms with Crippen molar-refractivity contribution in [3.8, 4) is 0 Å². The molecular formula is C15H22F3N3. The van der Waals surface area contributed by atoms with Gasteiger partial charge in [-0.05, 0) is 31.3 Å². The van der Waals surface area contributed by atoms with E-state index in [9.17, 15) is 13.2 Å². The van der Waals surface area contributed by atoms with Gasteiger partial charge in [0, 0.05) is 38.4 Å². The Hall–Kier alpha value is -1.27.